The summed E-state index contributed by atoms with van der Waals surface area (Å²) in [4.78, 5) is 32.5. The van der Waals surface area contributed by atoms with Crippen LogP contribution in [0.4, 0.5) is 4.79 Å². The van der Waals surface area contributed by atoms with Crippen molar-refractivity contribution in [2.24, 2.45) is 11.3 Å². The van der Waals surface area contributed by atoms with Gasteiger partial charge in [-0.15, -0.1) is 0 Å². The number of rotatable bonds is 11. The number of piperazine rings is 1. The molecular weight excluding hydrogens is 488 g/mol. The molecule has 7 heteroatoms. The first-order valence-corrected chi connectivity index (χ1v) is 15.0. The first-order chi connectivity index (χ1) is 18.6. The van der Waals surface area contributed by atoms with Gasteiger partial charge in [0.1, 0.15) is 5.75 Å². The number of benzene rings is 1. The lowest BCUT2D eigenvalue weighted by atomic mass is 9.84. The maximum Gasteiger partial charge on any atom is 0.317 e. The van der Waals surface area contributed by atoms with E-state index in [9.17, 15) is 9.59 Å². The van der Waals surface area contributed by atoms with E-state index < -0.39 is 0 Å². The number of ether oxygens (including phenoxy) is 1. The second-order valence-corrected chi connectivity index (χ2v) is 12.7. The van der Waals surface area contributed by atoms with Gasteiger partial charge in [0.15, 0.2) is 0 Å². The van der Waals surface area contributed by atoms with Gasteiger partial charge in [-0.05, 0) is 36.7 Å². The first kappa shape index (κ1) is 31.0. The largest absolute Gasteiger partial charge is 0.496 e. The Hall–Kier alpha value is -2.54. The summed E-state index contributed by atoms with van der Waals surface area (Å²) in [7, 11) is 1.68. The Morgan fingerprint density at radius 1 is 1.10 bits per heavy atom. The third-order valence-electron chi connectivity index (χ3n) is 7.88. The highest BCUT2D eigenvalue weighted by Crippen LogP contribution is 2.26. The van der Waals surface area contributed by atoms with Crippen LogP contribution in [0.3, 0.4) is 0 Å². The molecule has 218 valence electrons. The van der Waals surface area contributed by atoms with E-state index in [1.807, 2.05) is 40.1 Å². The maximum atomic E-state index is 13.4. The number of hydrogen-bond acceptors (Lipinski definition) is 4. The predicted octanol–water partition coefficient (Wildman–Crippen LogP) is 5.66. The van der Waals surface area contributed by atoms with Gasteiger partial charge >= 0.3 is 6.03 Å². The Morgan fingerprint density at radius 2 is 1.79 bits per heavy atom. The van der Waals surface area contributed by atoms with Gasteiger partial charge in [0, 0.05) is 63.8 Å². The number of amides is 3. The fourth-order valence-electron chi connectivity index (χ4n) is 5.92. The molecule has 1 heterocycles. The summed E-state index contributed by atoms with van der Waals surface area (Å²) in [5.74, 6) is 1.38. The summed E-state index contributed by atoms with van der Waals surface area (Å²) in [6.45, 7) is 14.1. The second-order valence-electron chi connectivity index (χ2n) is 12.7. The molecule has 1 atom stereocenters. The Labute approximate surface area is 236 Å². The lowest BCUT2D eigenvalue weighted by Gasteiger charge is -2.37. The molecule has 0 radical (unpaired) electrons. The number of para-hydroxylation sites is 1. The monoisotopic (exact) mass is 540 g/mol. The van der Waals surface area contributed by atoms with Crippen molar-refractivity contribution in [3.05, 3.63) is 35.9 Å². The van der Waals surface area contributed by atoms with Crippen LogP contribution in [0.5, 0.6) is 5.75 Å². The maximum absolute atomic E-state index is 13.4. The Morgan fingerprint density at radius 3 is 2.46 bits per heavy atom. The van der Waals surface area contributed by atoms with Gasteiger partial charge < -0.3 is 19.9 Å². The van der Waals surface area contributed by atoms with Gasteiger partial charge in [0.25, 0.3) is 0 Å². The van der Waals surface area contributed by atoms with Crippen LogP contribution in [-0.4, -0.2) is 85.6 Å². The minimum Gasteiger partial charge on any atom is -0.496 e. The van der Waals surface area contributed by atoms with Crippen LogP contribution in [0, 0.1) is 11.3 Å². The zero-order chi connectivity index (χ0) is 28.3. The molecule has 1 saturated heterocycles. The van der Waals surface area contributed by atoms with Crippen molar-refractivity contribution in [2.45, 2.75) is 78.7 Å². The average molecular weight is 541 g/mol. The van der Waals surface area contributed by atoms with E-state index in [0.29, 0.717) is 31.5 Å². The van der Waals surface area contributed by atoms with Crippen LogP contribution in [-0.2, 0) is 4.79 Å². The minimum absolute atomic E-state index is 0.0904. The van der Waals surface area contributed by atoms with Crippen molar-refractivity contribution >= 4 is 18.0 Å². The standard InChI is InChI=1S/C32H52N4O3/c1-26(25-32(2,3)4)24-30(37)35(17-11-13-27-12-9-10-16-29(27)39-5)21-18-34-19-22-36(23-20-34)31(38)33-28-14-7-6-8-15-28/h9-13,16,26,28H,6-8,14-15,17-25H2,1-5H3,(H,33,38)/b13-11+. The van der Waals surface area contributed by atoms with Crippen LogP contribution in [0.1, 0.15) is 78.2 Å². The molecule has 39 heavy (non-hydrogen) atoms. The molecular formula is C32H52N4O3. The van der Waals surface area contributed by atoms with E-state index in [1.165, 1.54) is 19.3 Å². The highest BCUT2D eigenvalue weighted by atomic mass is 16.5. The fraction of sp³-hybridized carbons (Fsp3) is 0.688. The average Bonchev–Trinajstić information content (AvgIpc) is 2.90. The third kappa shape index (κ3) is 10.9. The molecule has 1 unspecified atom stereocenters. The molecule has 1 saturated carbocycles. The molecule has 1 aromatic carbocycles. The Balaban J connectivity index is 1.53. The van der Waals surface area contributed by atoms with E-state index in [2.05, 4.69) is 44.0 Å². The highest BCUT2D eigenvalue weighted by Gasteiger charge is 2.25. The number of carbonyl (C=O) groups is 2. The summed E-state index contributed by atoms with van der Waals surface area (Å²) >= 11 is 0. The van der Waals surface area contributed by atoms with Crippen molar-refractivity contribution in [3.63, 3.8) is 0 Å². The van der Waals surface area contributed by atoms with Crippen LogP contribution >= 0.6 is 0 Å². The van der Waals surface area contributed by atoms with Crippen molar-refractivity contribution < 1.29 is 14.3 Å². The summed E-state index contributed by atoms with van der Waals surface area (Å²) in [5, 5.41) is 3.25. The summed E-state index contributed by atoms with van der Waals surface area (Å²) in [6, 6.07) is 8.36. The lowest BCUT2D eigenvalue weighted by Crippen LogP contribution is -2.54. The Kier molecular flexibility index (Phi) is 12.2. The summed E-state index contributed by atoms with van der Waals surface area (Å²) < 4.78 is 5.47. The van der Waals surface area contributed by atoms with Crippen molar-refractivity contribution in [1.29, 1.82) is 0 Å². The van der Waals surface area contributed by atoms with Crippen LogP contribution in [0.15, 0.2) is 30.3 Å². The zero-order valence-corrected chi connectivity index (χ0v) is 25.1. The summed E-state index contributed by atoms with van der Waals surface area (Å²) in [5.41, 5.74) is 1.22. The second kappa shape index (κ2) is 15.3. The molecule has 3 amide bonds. The number of carbonyl (C=O) groups excluding carboxylic acids is 2. The lowest BCUT2D eigenvalue weighted by molar-refractivity contribution is -0.132. The van der Waals surface area contributed by atoms with Crippen LogP contribution in [0.2, 0.25) is 0 Å². The summed E-state index contributed by atoms with van der Waals surface area (Å²) in [6.07, 6.45) is 11.6. The molecule has 7 nitrogen and oxygen atoms in total. The van der Waals surface area contributed by atoms with Gasteiger partial charge in [0.2, 0.25) is 5.91 Å². The van der Waals surface area contributed by atoms with Crippen LogP contribution in [0.25, 0.3) is 6.08 Å². The topological polar surface area (TPSA) is 65.1 Å². The fourth-order valence-corrected chi connectivity index (χ4v) is 5.92. The van der Waals surface area contributed by atoms with E-state index in [0.717, 1.165) is 63.3 Å². The predicted molar refractivity (Wildman–Crippen MR) is 160 cm³/mol. The van der Waals surface area contributed by atoms with Gasteiger partial charge in [-0.3, -0.25) is 9.69 Å². The van der Waals surface area contributed by atoms with E-state index in [-0.39, 0.29) is 17.4 Å². The molecule has 1 aromatic rings. The molecule has 0 spiro atoms. The number of hydrogen-bond donors (Lipinski definition) is 1. The van der Waals surface area contributed by atoms with Crippen molar-refractivity contribution in [2.75, 3.05) is 52.9 Å². The smallest absolute Gasteiger partial charge is 0.317 e. The minimum atomic E-state index is 0.0904. The first-order valence-electron chi connectivity index (χ1n) is 15.0. The van der Waals surface area contributed by atoms with Crippen LogP contribution < -0.4 is 10.1 Å². The zero-order valence-electron chi connectivity index (χ0n) is 25.1. The van der Waals surface area contributed by atoms with E-state index >= 15 is 0 Å². The molecule has 1 N–H and O–H groups in total. The molecule has 2 aliphatic rings. The quantitative estimate of drug-likeness (QED) is 0.393. The molecule has 0 aromatic heterocycles. The number of urea groups is 1. The number of nitrogens with one attached hydrogen (secondary N) is 1. The molecule has 2 fully saturated rings. The molecule has 0 bridgehead atoms. The van der Waals surface area contributed by atoms with Gasteiger partial charge in [-0.2, -0.15) is 0 Å². The normalized spacial score (nSPS) is 18.2. The van der Waals surface area contributed by atoms with Crippen molar-refractivity contribution in [3.8, 4) is 5.75 Å². The van der Waals surface area contributed by atoms with Crippen molar-refractivity contribution in [1.82, 2.24) is 20.0 Å². The molecule has 1 aliphatic heterocycles. The third-order valence-corrected chi connectivity index (χ3v) is 7.88. The van der Waals surface area contributed by atoms with Gasteiger partial charge in [-0.25, -0.2) is 4.79 Å². The van der Waals surface area contributed by atoms with E-state index in [4.69, 9.17) is 4.74 Å². The number of nitrogens with zero attached hydrogens (tertiary/aromatic N) is 3. The van der Waals surface area contributed by atoms with E-state index in [1.54, 1.807) is 7.11 Å². The SMILES string of the molecule is COc1ccccc1/C=C/CN(CCN1CCN(C(=O)NC2CCCCC2)CC1)C(=O)CC(C)CC(C)(C)C. The Bertz CT molecular complexity index is 928. The van der Waals surface area contributed by atoms with Gasteiger partial charge in [-0.1, -0.05) is 77.3 Å². The number of methoxy groups -OCH3 is 1. The molecule has 3 rings (SSSR count). The van der Waals surface area contributed by atoms with Gasteiger partial charge in [0.05, 0.1) is 7.11 Å². The highest BCUT2D eigenvalue weighted by molar-refractivity contribution is 5.77. The molecule has 1 aliphatic carbocycles.